The van der Waals surface area contributed by atoms with Crippen molar-refractivity contribution in [3.05, 3.63) is 0 Å². The molecule has 0 fully saturated rings. The van der Waals surface area contributed by atoms with E-state index < -0.39 is 36.0 Å². The fraction of sp³-hybridized carbons (Fsp3) is 0.765. The van der Waals surface area contributed by atoms with Crippen molar-refractivity contribution < 1.29 is 34.8 Å². The van der Waals surface area contributed by atoms with Crippen LogP contribution in [0.15, 0.2) is 4.99 Å². The first-order valence-electron chi connectivity index (χ1n) is 9.51. The smallest absolute Gasteiger partial charge is 0.320 e. The van der Waals surface area contributed by atoms with Gasteiger partial charge in [-0.15, -0.1) is 0 Å². The summed E-state index contributed by atoms with van der Waals surface area (Å²) in [5.74, 6) is -2.95. The lowest BCUT2D eigenvalue weighted by Crippen LogP contribution is -2.30. The molecule has 0 bridgehead atoms. The first-order valence-corrected chi connectivity index (χ1v) is 9.51. The Hall–Kier alpha value is -2.48. The Morgan fingerprint density at radius 3 is 1.47 bits per heavy atom. The zero-order valence-electron chi connectivity index (χ0n) is 17.4. The fourth-order valence-corrected chi connectivity index (χ4v) is 1.64. The van der Waals surface area contributed by atoms with Crippen molar-refractivity contribution in [1.29, 1.82) is 0 Å². The van der Waals surface area contributed by atoms with E-state index in [4.69, 9.17) is 49.1 Å². The van der Waals surface area contributed by atoms with E-state index in [0.717, 1.165) is 19.3 Å². The molecule has 0 amide bonds. The fourth-order valence-electron chi connectivity index (χ4n) is 1.64. The number of hydrogen-bond acceptors (Lipinski definition) is 8. The molecule has 0 saturated carbocycles. The summed E-state index contributed by atoms with van der Waals surface area (Å²) >= 11 is 0. The van der Waals surface area contributed by atoms with Crippen molar-refractivity contribution in [2.24, 2.45) is 33.7 Å². The molecular weight excluding hydrogens is 400 g/mol. The first kappa shape index (κ1) is 32.2. The third-order valence-electron chi connectivity index (χ3n) is 3.48. The van der Waals surface area contributed by atoms with E-state index in [9.17, 15) is 14.4 Å². The second kappa shape index (κ2) is 21.2. The van der Waals surface area contributed by atoms with Crippen molar-refractivity contribution in [3.63, 3.8) is 0 Å². The van der Waals surface area contributed by atoms with Gasteiger partial charge in [-0.2, -0.15) is 0 Å². The number of rotatable bonds is 13. The van der Waals surface area contributed by atoms with Crippen LogP contribution >= 0.6 is 0 Å². The van der Waals surface area contributed by atoms with Crippen LogP contribution in [0.25, 0.3) is 0 Å². The number of nitrogens with zero attached hydrogens (tertiary/aromatic N) is 1. The predicted molar refractivity (Wildman–Crippen MR) is 113 cm³/mol. The zero-order valence-corrected chi connectivity index (χ0v) is 17.4. The Morgan fingerprint density at radius 2 is 1.17 bits per heavy atom. The van der Waals surface area contributed by atoms with Gasteiger partial charge in [0.05, 0.1) is 0 Å². The maximum absolute atomic E-state index is 10.2. The highest BCUT2D eigenvalue weighted by molar-refractivity contribution is 5.75. The van der Waals surface area contributed by atoms with E-state index in [0.29, 0.717) is 25.8 Å². The van der Waals surface area contributed by atoms with E-state index in [1.54, 1.807) is 0 Å². The lowest BCUT2D eigenvalue weighted by atomic mass is 10.1. The summed E-state index contributed by atoms with van der Waals surface area (Å²) in [6.07, 6.45) is 4.77. The van der Waals surface area contributed by atoms with Gasteiger partial charge < -0.3 is 49.1 Å². The molecule has 0 aliphatic rings. The van der Waals surface area contributed by atoms with Crippen molar-refractivity contribution in [3.8, 4) is 0 Å². The highest BCUT2D eigenvalue weighted by Gasteiger charge is 2.10. The Labute approximate surface area is 176 Å². The Morgan fingerprint density at radius 1 is 0.767 bits per heavy atom. The number of carboxylic acid groups (broad SMARTS) is 3. The van der Waals surface area contributed by atoms with Gasteiger partial charge in [0.25, 0.3) is 0 Å². The highest BCUT2D eigenvalue weighted by Crippen LogP contribution is 2.01. The van der Waals surface area contributed by atoms with Crippen molar-refractivity contribution in [2.75, 3.05) is 13.2 Å². The van der Waals surface area contributed by atoms with Gasteiger partial charge in [0.1, 0.15) is 18.1 Å². The van der Waals surface area contributed by atoms with Crippen molar-refractivity contribution in [1.82, 2.24) is 0 Å². The minimum Gasteiger partial charge on any atom is -0.480 e. The van der Waals surface area contributed by atoms with Gasteiger partial charge in [0.2, 0.25) is 0 Å². The highest BCUT2D eigenvalue weighted by atomic mass is 16.4. The predicted octanol–water partition coefficient (Wildman–Crippen LogP) is -1.79. The topological polar surface area (TPSA) is 275 Å². The van der Waals surface area contributed by atoms with Crippen molar-refractivity contribution >= 4 is 23.9 Å². The molecule has 3 atom stereocenters. The van der Waals surface area contributed by atoms with Crippen LogP contribution in [0.5, 0.6) is 0 Å². The molecule has 0 unspecified atom stereocenters. The molecule has 13 nitrogen and oxygen atoms in total. The van der Waals surface area contributed by atoms with Gasteiger partial charge in [-0.1, -0.05) is 26.2 Å². The minimum absolute atomic E-state index is 0.0129. The molecule has 178 valence electrons. The van der Waals surface area contributed by atoms with Gasteiger partial charge >= 0.3 is 17.9 Å². The van der Waals surface area contributed by atoms with Crippen LogP contribution in [0.3, 0.4) is 0 Å². The van der Waals surface area contributed by atoms with Crippen LogP contribution in [-0.2, 0) is 14.4 Å². The van der Waals surface area contributed by atoms with Crippen LogP contribution in [0.1, 0.15) is 51.9 Å². The molecule has 0 aromatic carbocycles. The number of hydrogen-bond donors (Lipinski definition) is 9. The number of carboxylic acids is 3. The third kappa shape index (κ3) is 25.5. The first-order chi connectivity index (χ1) is 13.9. The molecule has 30 heavy (non-hydrogen) atoms. The number of aliphatic hydroxyl groups is 1. The van der Waals surface area contributed by atoms with E-state index in [1.807, 2.05) is 0 Å². The number of nitrogens with two attached hydrogens (primary N) is 5. The van der Waals surface area contributed by atoms with E-state index in [2.05, 4.69) is 11.9 Å². The largest absolute Gasteiger partial charge is 0.480 e. The molecule has 0 aromatic heterocycles. The maximum Gasteiger partial charge on any atom is 0.320 e. The average Bonchev–Trinajstić information content (AvgIpc) is 2.66. The van der Waals surface area contributed by atoms with Crippen molar-refractivity contribution in [2.45, 2.75) is 70.0 Å². The number of carbonyl (C=O) groups is 3. The summed E-state index contributed by atoms with van der Waals surface area (Å²) in [6, 6.07) is -2.40. The van der Waals surface area contributed by atoms with Gasteiger partial charge in [0, 0.05) is 13.2 Å². The Bertz CT molecular complexity index is 501. The number of aliphatic imine (C=N–C) groups is 1. The average molecular weight is 439 g/mol. The Balaban J connectivity index is -0.000000372. The molecule has 0 spiro atoms. The summed E-state index contributed by atoms with van der Waals surface area (Å²) < 4.78 is 0. The van der Waals surface area contributed by atoms with Crippen LogP contribution in [0, 0.1) is 0 Å². The summed E-state index contributed by atoms with van der Waals surface area (Å²) in [5, 5.41) is 33.0. The summed E-state index contributed by atoms with van der Waals surface area (Å²) in [7, 11) is 0. The number of aliphatic carboxylic acids is 3. The molecule has 0 aromatic rings. The quantitative estimate of drug-likeness (QED) is 0.0875. The molecule has 0 aliphatic carbocycles. The molecule has 14 N–H and O–H groups in total. The lowest BCUT2D eigenvalue weighted by Gasteiger charge is -2.03. The Kier molecular flexibility index (Phi) is 22.8. The van der Waals surface area contributed by atoms with Crippen LogP contribution in [0.2, 0.25) is 0 Å². The number of unbranched alkanes of at least 4 members (excludes halogenated alkanes) is 2. The van der Waals surface area contributed by atoms with Gasteiger partial charge in [-0.05, 0) is 25.7 Å². The molecule has 0 rings (SSSR count). The second-order valence-corrected chi connectivity index (χ2v) is 6.29. The monoisotopic (exact) mass is 438 g/mol. The SMILES string of the molecule is CCCCC[C@H](N)C(=O)O.NC(N)=NCCC[C@H](N)C(=O)O.N[C@@H](CCO)C(=O)O. The molecular formula is C17H38N6O7. The van der Waals surface area contributed by atoms with Crippen LogP contribution < -0.4 is 28.7 Å². The van der Waals surface area contributed by atoms with Gasteiger partial charge in [0.15, 0.2) is 5.96 Å². The number of aliphatic hydroxyl groups excluding tert-OH is 1. The molecule has 13 heteroatoms. The summed E-state index contributed by atoms with van der Waals surface area (Å²) in [6.45, 7) is 2.32. The normalized spacial score (nSPS) is 12.7. The van der Waals surface area contributed by atoms with E-state index >= 15 is 0 Å². The summed E-state index contributed by atoms with van der Waals surface area (Å²) in [5.41, 5.74) is 25.5. The van der Waals surface area contributed by atoms with Crippen LogP contribution in [-0.4, -0.2) is 75.6 Å². The van der Waals surface area contributed by atoms with E-state index in [1.165, 1.54) is 0 Å². The minimum atomic E-state index is -1.07. The lowest BCUT2D eigenvalue weighted by molar-refractivity contribution is -0.139. The molecule has 0 aliphatic heterocycles. The number of guanidine groups is 1. The third-order valence-corrected chi connectivity index (χ3v) is 3.48. The zero-order chi connectivity index (χ0) is 24.1. The maximum atomic E-state index is 10.2. The molecule has 0 saturated heterocycles. The van der Waals surface area contributed by atoms with Gasteiger partial charge in [-0.3, -0.25) is 19.4 Å². The summed E-state index contributed by atoms with van der Waals surface area (Å²) in [4.78, 5) is 33.9. The van der Waals surface area contributed by atoms with Crippen LogP contribution in [0.4, 0.5) is 0 Å². The van der Waals surface area contributed by atoms with Gasteiger partial charge in [-0.25, -0.2) is 0 Å². The van der Waals surface area contributed by atoms with E-state index in [-0.39, 0.29) is 19.0 Å². The molecule has 0 radical (unpaired) electrons. The standard InChI is InChI=1S/C7H15NO2.C6H14N4O2.C4H9NO3/c1-2-3-4-5-6(8)7(9)10;7-4(5(11)12)2-1-3-10-6(8)9;5-3(1-2-6)4(7)8/h6H,2-5,8H2,1H3,(H,9,10);4H,1-3,7H2,(H,11,12)(H4,8,9,10);3,6H,1-2,5H2,(H,7,8)/t6-;4-;3-/m000/s1. The second-order valence-electron chi connectivity index (χ2n) is 6.29. The molecule has 0 heterocycles.